The average Bonchev–Trinajstić information content (AvgIpc) is 1.50. The van der Waals surface area contributed by atoms with Crippen molar-refractivity contribution in [3.63, 3.8) is 0 Å². The van der Waals surface area contributed by atoms with Gasteiger partial charge in [0.15, 0.2) is 0 Å². The Labute approximate surface area is 143 Å². The number of nitrogens with zero attached hydrogens (tertiary/aromatic N) is 2. The van der Waals surface area contributed by atoms with Crippen LogP contribution in [0.2, 0.25) is 0 Å². The van der Waals surface area contributed by atoms with E-state index >= 15 is 0 Å². The summed E-state index contributed by atoms with van der Waals surface area (Å²) in [4.78, 5) is 16.5. The van der Waals surface area contributed by atoms with E-state index in [1.807, 2.05) is 0 Å². The van der Waals surface area contributed by atoms with Crippen molar-refractivity contribution in [2.45, 2.75) is 0 Å². The molecule has 0 aromatic carbocycles. The van der Waals surface area contributed by atoms with Crippen LogP contribution in [-0.2, 0) is 27.5 Å². The van der Waals surface area contributed by atoms with E-state index in [4.69, 9.17) is 48.2 Å². The van der Waals surface area contributed by atoms with E-state index in [1.165, 1.54) is 0 Å². The fourth-order valence-electron chi connectivity index (χ4n) is 0. The van der Waals surface area contributed by atoms with Gasteiger partial charge in [-0.25, -0.2) is 0 Å². The summed E-state index contributed by atoms with van der Waals surface area (Å²) in [7, 11) is -5.17. The van der Waals surface area contributed by atoms with Crippen molar-refractivity contribution in [2.75, 3.05) is 0 Å². The first-order valence-electron chi connectivity index (χ1n) is 1.76. The first-order valence-corrected chi connectivity index (χ1v) is 3.10. The third-order valence-corrected chi connectivity index (χ3v) is 0. The van der Waals surface area contributed by atoms with Gasteiger partial charge >= 0.3 is 76.2 Å². The molecule has 89 valence electrons. The van der Waals surface area contributed by atoms with Crippen LogP contribution in [-0.4, -0.2) is 27.7 Å². The summed E-state index contributed by atoms with van der Waals surface area (Å²) in [6.07, 6.45) is 0. The van der Waals surface area contributed by atoms with Crippen LogP contribution in [0.25, 0.3) is 0 Å². The van der Waals surface area contributed by atoms with Crippen molar-refractivity contribution in [1.29, 1.82) is 0 Å². The van der Waals surface area contributed by atoms with Gasteiger partial charge in [-0.3, -0.25) is 8.42 Å². The second-order valence-electron chi connectivity index (χ2n) is 0.855. The Kier molecular flexibility index (Phi) is 47.4. The monoisotopic (exact) mass is 329 g/mol. The molecular formula is CuN2Na2O10S. The van der Waals surface area contributed by atoms with Gasteiger partial charge in [-0.1, -0.05) is 0 Å². The van der Waals surface area contributed by atoms with Gasteiger partial charge in [-0.2, -0.15) is 0 Å². The zero-order valence-electron chi connectivity index (χ0n) is 7.69. The summed E-state index contributed by atoms with van der Waals surface area (Å²) in [6, 6.07) is 0. The molecule has 0 fully saturated rings. The molecule has 0 saturated carbocycles. The first kappa shape index (κ1) is 36.0. The van der Waals surface area contributed by atoms with E-state index in [0.29, 0.717) is 0 Å². The molecule has 0 aliphatic rings. The van der Waals surface area contributed by atoms with Crippen molar-refractivity contribution in [3.05, 3.63) is 30.6 Å². The Hall–Kier alpha value is 0.789. The predicted molar refractivity (Wildman–Crippen MR) is 31.2 cm³/mol. The molecule has 0 spiro atoms. The quantitative estimate of drug-likeness (QED) is 0.134. The van der Waals surface area contributed by atoms with Crippen LogP contribution < -0.4 is 59.1 Å². The fourth-order valence-corrected chi connectivity index (χ4v) is 0. The predicted octanol–water partition coefficient (Wildman–Crippen LogP) is -7.81. The van der Waals surface area contributed by atoms with E-state index in [1.54, 1.807) is 0 Å². The van der Waals surface area contributed by atoms with E-state index in [0.717, 1.165) is 0 Å². The van der Waals surface area contributed by atoms with Gasteiger partial charge < -0.3 is 39.7 Å². The molecule has 1 radical (unpaired) electrons. The van der Waals surface area contributed by atoms with E-state index in [-0.39, 0.29) is 76.2 Å². The molecule has 0 aliphatic heterocycles. The standard InChI is InChI=1S/Cu.2NO3.2Na.H2O4S/c;2*2-1(3)4;;;1-5(2,3)4/h;;;;;(H2,1,2,3,4)/q+2;2*-1;2*+1;/p-2. The minimum absolute atomic E-state index is 0. The van der Waals surface area contributed by atoms with Gasteiger partial charge in [0.2, 0.25) is 0 Å². The molecular weight excluding hydrogens is 330 g/mol. The number of rotatable bonds is 0. The Morgan fingerprint density at radius 1 is 0.750 bits per heavy atom. The summed E-state index contributed by atoms with van der Waals surface area (Å²) in [5.41, 5.74) is 0. The minimum atomic E-state index is -5.17. The molecule has 0 rings (SSSR count). The molecule has 0 amide bonds. The smallest absolute Gasteiger partial charge is 0.759 e. The van der Waals surface area contributed by atoms with Crippen LogP contribution >= 0.6 is 0 Å². The maximum absolute atomic E-state index is 8.52. The number of hydrogen-bond donors (Lipinski definition) is 0. The van der Waals surface area contributed by atoms with Crippen molar-refractivity contribution >= 4 is 10.4 Å². The summed E-state index contributed by atoms with van der Waals surface area (Å²) in [6.45, 7) is 0. The molecule has 0 N–H and O–H groups in total. The molecule has 0 bridgehead atoms. The van der Waals surface area contributed by atoms with Crippen LogP contribution in [0.15, 0.2) is 0 Å². The van der Waals surface area contributed by atoms with Crippen LogP contribution in [0.4, 0.5) is 0 Å². The molecule has 0 heterocycles. The molecule has 0 aromatic heterocycles. The topological polar surface area (TPSA) is 213 Å². The van der Waals surface area contributed by atoms with Gasteiger partial charge in [0, 0.05) is 10.4 Å². The molecule has 0 atom stereocenters. The second-order valence-corrected chi connectivity index (χ2v) is 1.67. The molecule has 0 aliphatic carbocycles. The Balaban J connectivity index is -0.0000000216. The minimum Gasteiger partial charge on any atom is -0.759 e. The number of hydrogen-bond acceptors (Lipinski definition) is 10. The average molecular weight is 330 g/mol. The largest absolute Gasteiger partial charge is 2.00 e. The van der Waals surface area contributed by atoms with Crippen molar-refractivity contribution in [2.24, 2.45) is 0 Å². The van der Waals surface area contributed by atoms with Gasteiger partial charge in [-0.15, -0.1) is 0 Å². The summed E-state index contributed by atoms with van der Waals surface area (Å²) in [5, 5.41) is 29.5. The van der Waals surface area contributed by atoms with E-state index in [9.17, 15) is 0 Å². The van der Waals surface area contributed by atoms with Crippen molar-refractivity contribution in [1.82, 2.24) is 0 Å². The third kappa shape index (κ3) is 4510. The van der Waals surface area contributed by atoms with Crippen LogP contribution in [0, 0.1) is 30.6 Å². The zero-order valence-corrected chi connectivity index (χ0v) is 13.4. The maximum Gasteiger partial charge on any atom is 2.00 e. The van der Waals surface area contributed by atoms with E-state index < -0.39 is 20.6 Å². The Morgan fingerprint density at radius 2 is 0.750 bits per heavy atom. The van der Waals surface area contributed by atoms with Gasteiger partial charge in [0.1, 0.15) is 0 Å². The molecule has 0 aromatic rings. The Morgan fingerprint density at radius 3 is 0.750 bits per heavy atom. The Bertz CT molecular complexity index is 222. The molecule has 12 nitrogen and oxygen atoms in total. The van der Waals surface area contributed by atoms with Gasteiger partial charge in [0.25, 0.3) is 0 Å². The van der Waals surface area contributed by atoms with Gasteiger partial charge in [0.05, 0.1) is 10.2 Å². The maximum atomic E-state index is 8.52. The second kappa shape index (κ2) is 21.1. The van der Waals surface area contributed by atoms with E-state index in [2.05, 4.69) is 0 Å². The van der Waals surface area contributed by atoms with Crippen molar-refractivity contribution in [3.8, 4) is 0 Å². The zero-order chi connectivity index (χ0) is 11.7. The molecule has 16 heavy (non-hydrogen) atoms. The van der Waals surface area contributed by atoms with Crippen molar-refractivity contribution < 1.29 is 104 Å². The van der Waals surface area contributed by atoms with Crippen LogP contribution in [0.1, 0.15) is 0 Å². The summed E-state index contributed by atoms with van der Waals surface area (Å²) in [5.74, 6) is 0. The molecule has 16 heteroatoms. The molecule has 0 unspecified atom stereocenters. The third-order valence-electron chi connectivity index (χ3n) is 0. The van der Waals surface area contributed by atoms with Gasteiger partial charge in [-0.05, 0) is 0 Å². The normalized spacial score (nSPS) is 6.62. The van der Waals surface area contributed by atoms with Crippen LogP contribution in [0.3, 0.4) is 0 Å². The van der Waals surface area contributed by atoms with Crippen LogP contribution in [0.5, 0.6) is 0 Å². The summed E-state index contributed by atoms with van der Waals surface area (Å²) < 4.78 is 34.1. The molecule has 0 saturated heterocycles. The first-order chi connectivity index (χ1) is 5.46. The summed E-state index contributed by atoms with van der Waals surface area (Å²) >= 11 is 0. The SMILES string of the molecule is O=S(=O)([O-])[O-].O=[N+]([O-])[O-].O=[N+]([O-])[O-].[Cu+2].[Na+].[Na+]. The fraction of sp³-hybridized carbons (Fsp3) is 0.